The Bertz CT molecular complexity index is 594. The normalized spacial score (nSPS) is 17.9. The van der Waals surface area contributed by atoms with Crippen LogP contribution in [0.3, 0.4) is 0 Å². The topological polar surface area (TPSA) is 127 Å². The highest BCUT2D eigenvalue weighted by molar-refractivity contribution is 5.86. The molecule has 0 saturated heterocycles. The number of hydrogen-bond donors (Lipinski definition) is 4. The molecule has 5 N–H and O–H groups in total. The summed E-state index contributed by atoms with van der Waals surface area (Å²) in [4.78, 5) is 7.90. The number of nitrogens with zero attached hydrogens (tertiary/aromatic N) is 3. The summed E-state index contributed by atoms with van der Waals surface area (Å²) in [6, 6.07) is 1.64. The highest BCUT2D eigenvalue weighted by Crippen LogP contribution is 2.29. The van der Waals surface area contributed by atoms with Crippen LogP contribution in [0.15, 0.2) is 18.6 Å². The summed E-state index contributed by atoms with van der Waals surface area (Å²) in [6.07, 6.45) is 0.495. The van der Waals surface area contributed by atoms with E-state index in [-0.39, 0.29) is 5.82 Å². The van der Waals surface area contributed by atoms with Gasteiger partial charge in [0.2, 0.25) is 0 Å². The molecule has 8 heteroatoms. The van der Waals surface area contributed by atoms with E-state index in [2.05, 4.69) is 9.97 Å². The van der Waals surface area contributed by atoms with Crippen molar-refractivity contribution in [3.63, 3.8) is 0 Å². The smallest absolute Gasteiger partial charge is 0.163 e. The summed E-state index contributed by atoms with van der Waals surface area (Å²) < 4.78 is 6.34. The molecule has 0 saturated carbocycles. The van der Waals surface area contributed by atoms with Gasteiger partial charge in [-0.15, -0.1) is 0 Å². The van der Waals surface area contributed by atoms with Crippen molar-refractivity contribution in [2.45, 2.75) is 24.9 Å². The molecule has 0 aromatic carbocycles. The SMILES string of the molecule is CO[C@H](CO)[C@@](C)(O)[C@@H](O)n1ccc2c(N)ncnc21. The van der Waals surface area contributed by atoms with Crippen LogP contribution in [0.2, 0.25) is 0 Å². The number of anilines is 1. The average Bonchev–Trinajstić information content (AvgIpc) is 2.84. The van der Waals surface area contributed by atoms with E-state index in [0.717, 1.165) is 0 Å². The first-order chi connectivity index (χ1) is 9.43. The predicted octanol–water partition coefficient (Wildman–Crippen LogP) is -0.737. The minimum atomic E-state index is -1.71. The van der Waals surface area contributed by atoms with Crippen molar-refractivity contribution >= 4 is 16.9 Å². The second kappa shape index (κ2) is 5.33. The Morgan fingerprint density at radius 3 is 2.80 bits per heavy atom. The van der Waals surface area contributed by atoms with Gasteiger partial charge in [0, 0.05) is 13.3 Å². The van der Waals surface area contributed by atoms with E-state index >= 15 is 0 Å². The molecule has 0 fully saturated rings. The van der Waals surface area contributed by atoms with Crippen molar-refractivity contribution in [3.8, 4) is 0 Å². The number of fused-ring (bicyclic) bond motifs is 1. The summed E-state index contributed by atoms with van der Waals surface area (Å²) in [6.45, 7) is 0.940. The molecule has 2 aromatic heterocycles. The molecule has 2 rings (SSSR count). The molecule has 0 aliphatic carbocycles. The van der Waals surface area contributed by atoms with E-state index in [9.17, 15) is 15.3 Å². The second-order valence-corrected chi connectivity index (χ2v) is 4.73. The van der Waals surface area contributed by atoms with Gasteiger partial charge in [0.25, 0.3) is 0 Å². The van der Waals surface area contributed by atoms with Gasteiger partial charge >= 0.3 is 0 Å². The summed E-state index contributed by atoms with van der Waals surface area (Å²) in [5.74, 6) is 0.283. The summed E-state index contributed by atoms with van der Waals surface area (Å²) in [7, 11) is 1.34. The lowest BCUT2D eigenvalue weighted by molar-refractivity contribution is -0.180. The van der Waals surface area contributed by atoms with Gasteiger partial charge < -0.3 is 30.4 Å². The number of aliphatic hydroxyl groups is 3. The number of aliphatic hydroxyl groups excluding tert-OH is 2. The van der Waals surface area contributed by atoms with Crippen LogP contribution in [-0.4, -0.2) is 55.3 Å². The lowest BCUT2D eigenvalue weighted by Gasteiger charge is -2.35. The molecule has 0 amide bonds. The third-order valence-electron chi connectivity index (χ3n) is 3.43. The lowest BCUT2D eigenvalue weighted by Crippen LogP contribution is -2.49. The number of methoxy groups -OCH3 is 1. The van der Waals surface area contributed by atoms with Crippen LogP contribution in [0.25, 0.3) is 11.0 Å². The zero-order chi connectivity index (χ0) is 14.9. The van der Waals surface area contributed by atoms with E-state index in [0.29, 0.717) is 11.0 Å². The molecule has 0 unspecified atom stereocenters. The first-order valence-electron chi connectivity index (χ1n) is 6.04. The number of hydrogen-bond acceptors (Lipinski definition) is 7. The molecule has 0 aliphatic heterocycles. The molecular weight excluding hydrogens is 264 g/mol. The summed E-state index contributed by atoms with van der Waals surface area (Å²) in [5, 5.41) is 30.6. The molecule has 0 spiro atoms. The van der Waals surface area contributed by atoms with Crippen molar-refractivity contribution in [2.75, 3.05) is 19.5 Å². The molecule has 0 aliphatic rings. The Balaban J connectivity index is 2.46. The zero-order valence-electron chi connectivity index (χ0n) is 11.3. The molecule has 2 heterocycles. The summed E-state index contributed by atoms with van der Waals surface area (Å²) in [5.41, 5.74) is 4.39. The standard InChI is InChI=1S/C12H18N4O4/c1-12(19,8(5-17)20-2)11(18)16-4-3-7-9(13)14-6-15-10(7)16/h3-4,6,8,11,17-19H,5H2,1-2H3,(H2,13,14,15)/t8-,11-,12-/m1/s1. The van der Waals surface area contributed by atoms with Gasteiger partial charge in [-0.2, -0.15) is 0 Å². The van der Waals surface area contributed by atoms with Crippen molar-refractivity contribution in [1.29, 1.82) is 0 Å². The fourth-order valence-electron chi connectivity index (χ4n) is 2.13. The van der Waals surface area contributed by atoms with E-state index in [1.165, 1.54) is 24.9 Å². The van der Waals surface area contributed by atoms with Gasteiger partial charge in [-0.25, -0.2) is 9.97 Å². The van der Waals surface area contributed by atoms with Gasteiger partial charge in [0.1, 0.15) is 29.5 Å². The Labute approximate surface area is 115 Å². The highest BCUT2D eigenvalue weighted by atomic mass is 16.5. The molecule has 0 radical (unpaired) electrons. The van der Waals surface area contributed by atoms with Gasteiger partial charge in [-0.05, 0) is 13.0 Å². The number of ether oxygens (including phenoxy) is 1. The molecule has 0 bridgehead atoms. The number of aromatic nitrogens is 3. The molecule has 3 atom stereocenters. The average molecular weight is 282 g/mol. The molecule has 8 nitrogen and oxygen atoms in total. The van der Waals surface area contributed by atoms with Crippen LogP contribution < -0.4 is 5.73 Å². The zero-order valence-corrected chi connectivity index (χ0v) is 11.3. The van der Waals surface area contributed by atoms with Crippen molar-refractivity contribution in [2.24, 2.45) is 0 Å². The molecule has 20 heavy (non-hydrogen) atoms. The van der Waals surface area contributed by atoms with Gasteiger partial charge in [-0.1, -0.05) is 0 Å². The molecular formula is C12H18N4O4. The van der Waals surface area contributed by atoms with Crippen molar-refractivity contribution in [3.05, 3.63) is 18.6 Å². The van der Waals surface area contributed by atoms with Crippen molar-refractivity contribution < 1.29 is 20.1 Å². The number of nitrogen functional groups attached to an aromatic ring is 1. The molecule has 110 valence electrons. The van der Waals surface area contributed by atoms with Gasteiger partial charge in [-0.3, -0.25) is 0 Å². The fourth-order valence-corrected chi connectivity index (χ4v) is 2.13. The van der Waals surface area contributed by atoms with Crippen LogP contribution in [-0.2, 0) is 4.74 Å². The van der Waals surface area contributed by atoms with Crippen LogP contribution >= 0.6 is 0 Å². The minimum absolute atomic E-state index is 0.283. The Kier molecular flexibility index (Phi) is 3.91. The van der Waals surface area contributed by atoms with Crippen LogP contribution in [0.4, 0.5) is 5.82 Å². The van der Waals surface area contributed by atoms with Crippen LogP contribution in [0.1, 0.15) is 13.2 Å². The fraction of sp³-hybridized carbons (Fsp3) is 0.500. The third kappa shape index (κ3) is 2.22. The minimum Gasteiger partial charge on any atom is -0.394 e. The first kappa shape index (κ1) is 14.7. The lowest BCUT2D eigenvalue weighted by atomic mass is 9.97. The van der Waals surface area contributed by atoms with Crippen LogP contribution in [0.5, 0.6) is 0 Å². The summed E-state index contributed by atoms with van der Waals surface area (Å²) >= 11 is 0. The Morgan fingerprint density at radius 1 is 1.50 bits per heavy atom. The van der Waals surface area contributed by atoms with E-state index in [1.807, 2.05) is 0 Å². The Morgan fingerprint density at radius 2 is 2.20 bits per heavy atom. The Hall–Kier alpha value is -1.74. The third-order valence-corrected chi connectivity index (χ3v) is 3.43. The first-order valence-corrected chi connectivity index (χ1v) is 6.04. The van der Waals surface area contributed by atoms with Crippen LogP contribution in [0, 0.1) is 0 Å². The molecule has 2 aromatic rings. The van der Waals surface area contributed by atoms with E-state index in [4.69, 9.17) is 10.5 Å². The quantitative estimate of drug-likeness (QED) is 0.569. The predicted molar refractivity (Wildman–Crippen MR) is 71.7 cm³/mol. The van der Waals surface area contributed by atoms with Gasteiger partial charge in [0.15, 0.2) is 6.23 Å². The maximum Gasteiger partial charge on any atom is 0.163 e. The maximum atomic E-state index is 10.4. The van der Waals surface area contributed by atoms with Crippen molar-refractivity contribution in [1.82, 2.24) is 14.5 Å². The number of nitrogens with two attached hydrogens (primary N) is 1. The highest BCUT2D eigenvalue weighted by Gasteiger charge is 2.40. The second-order valence-electron chi connectivity index (χ2n) is 4.73. The van der Waals surface area contributed by atoms with E-state index in [1.54, 1.807) is 12.3 Å². The monoisotopic (exact) mass is 282 g/mol. The maximum absolute atomic E-state index is 10.4. The largest absolute Gasteiger partial charge is 0.394 e. The van der Waals surface area contributed by atoms with E-state index < -0.39 is 24.5 Å². The number of rotatable bonds is 5. The van der Waals surface area contributed by atoms with Gasteiger partial charge in [0.05, 0.1) is 12.0 Å².